The minimum absolute atomic E-state index is 0.137. The smallest absolute Gasteiger partial charge is 0.303 e. The van der Waals surface area contributed by atoms with E-state index >= 15 is 0 Å². The lowest BCUT2D eigenvalue weighted by Gasteiger charge is -2.07. The van der Waals surface area contributed by atoms with Gasteiger partial charge in [0, 0.05) is 25.0 Å². The fraction of sp³-hybridized carbons (Fsp3) is 0.364. The zero-order valence-corrected chi connectivity index (χ0v) is 8.26. The van der Waals surface area contributed by atoms with Crippen molar-refractivity contribution in [2.75, 3.05) is 0 Å². The van der Waals surface area contributed by atoms with Gasteiger partial charge in [0.05, 0.1) is 11.6 Å². The van der Waals surface area contributed by atoms with Gasteiger partial charge >= 0.3 is 5.97 Å². The average molecular weight is 204 g/mol. The van der Waals surface area contributed by atoms with E-state index in [2.05, 4.69) is 15.9 Å². The molecule has 4 heteroatoms. The number of aromatic nitrogens is 2. The summed E-state index contributed by atoms with van der Waals surface area (Å²) in [6.07, 6.45) is 11.5. The van der Waals surface area contributed by atoms with E-state index in [4.69, 9.17) is 11.5 Å². The summed E-state index contributed by atoms with van der Waals surface area (Å²) in [5.74, 6) is 1.65. The van der Waals surface area contributed by atoms with Crippen molar-refractivity contribution in [1.29, 1.82) is 0 Å². The lowest BCUT2D eigenvalue weighted by molar-refractivity contribution is -0.137. The van der Waals surface area contributed by atoms with Crippen LogP contribution < -0.4 is 0 Å². The molecule has 0 aliphatic carbocycles. The van der Waals surface area contributed by atoms with Gasteiger partial charge in [0.15, 0.2) is 0 Å². The van der Waals surface area contributed by atoms with Gasteiger partial charge in [-0.25, -0.2) is 0 Å². The maximum atomic E-state index is 10.3. The van der Waals surface area contributed by atoms with E-state index in [-0.39, 0.29) is 12.3 Å². The summed E-state index contributed by atoms with van der Waals surface area (Å²) in [5.41, 5.74) is 0.727. The van der Waals surface area contributed by atoms with Crippen molar-refractivity contribution in [1.82, 2.24) is 9.97 Å². The highest BCUT2D eigenvalue weighted by Crippen LogP contribution is 2.18. The standard InChI is InChI=1S/C11H12N2O2/c1-2-9(4-3-5-11(14)15)10-8-12-6-7-13-10/h1,6-9H,3-5H2,(H,14,15). The van der Waals surface area contributed by atoms with Gasteiger partial charge in [-0.05, 0) is 12.8 Å². The fourth-order valence-corrected chi connectivity index (χ4v) is 1.26. The Kier molecular flexibility index (Phi) is 4.30. The number of carboxylic acids is 1. The predicted molar refractivity (Wildman–Crippen MR) is 55.1 cm³/mol. The first kappa shape index (κ1) is 11.2. The van der Waals surface area contributed by atoms with Gasteiger partial charge in [-0.3, -0.25) is 14.8 Å². The number of rotatable bonds is 5. The minimum Gasteiger partial charge on any atom is -0.481 e. The zero-order valence-electron chi connectivity index (χ0n) is 8.26. The highest BCUT2D eigenvalue weighted by molar-refractivity contribution is 5.66. The van der Waals surface area contributed by atoms with Gasteiger partial charge in [-0.2, -0.15) is 0 Å². The second kappa shape index (κ2) is 5.76. The first-order chi connectivity index (χ1) is 7.24. The number of hydrogen-bond acceptors (Lipinski definition) is 3. The molecule has 1 N–H and O–H groups in total. The van der Waals surface area contributed by atoms with Crippen LogP contribution in [0.5, 0.6) is 0 Å². The molecular weight excluding hydrogens is 192 g/mol. The van der Waals surface area contributed by atoms with Crippen LogP contribution in [-0.2, 0) is 4.79 Å². The van der Waals surface area contributed by atoms with Crippen molar-refractivity contribution in [3.05, 3.63) is 24.3 Å². The van der Waals surface area contributed by atoms with Crippen LogP contribution in [0.1, 0.15) is 30.9 Å². The van der Waals surface area contributed by atoms with Gasteiger partial charge in [-0.15, -0.1) is 6.42 Å². The van der Waals surface area contributed by atoms with Crippen molar-refractivity contribution in [3.8, 4) is 12.3 Å². The highest BCUT2D eigenvalue weighted by Gasteiger charge is 2.10. The molecule has 0 bridgehead atoms. The Bertz CT molecular complexity index is 357. The molecule has 0 radical (unpaired) electrons. The number of carbonyl (C=O) groups is 1. The molecule has 1 rings (SSSR count). The topological polar surface area (TPSA) is 63.1 Å². The Labute approximate surface area is 88.4 Å². The molecule has 0 spiro atoms. The van der Waals surface area contributed by atoms with E-state index in [0.717, 1.165) is 5.69 Å². The average Bonchev–Trinajstić information content (AvgIpc) is 2.25. The summed E-state index contributed by atoms with van der Waals surface area (Å²) >= 11 is 0. The van der Waals surface area contributed by atoms with E-state index < -0.39 is 5.97 Å². The van der Waals surface area contributed by atoms with Crippen LogP contribution in [0.3, 0.4) is 0 Å². The second-order valence-corrected chi connectivity index (χ2v) is 3.14. The van der Waals surface area contributed by atoms with Crippen LogP contribution in [0.4, 0.5) is 0 Å². The lowest BCUT2D eigenvalue weighted by atomic mass is 10.00. The van der Waals surface area contributed by atoms with E-state index in [9.17, 15) is 4.79 Å². The molecule has 1 unspecified atom stereocenters. The molecule has 4 nitrogen and oxygen atoms in total. The third-order valence-corrected chi connectivity index (χ3v) is 2.02. The van der Waals surface area contributed by atoms with Gasteiger partial charge < -0.3 is 5.11 Å². The first-order valence-electron chi connectivity index (χ1n) is 4.68. The first-order valence-corrected chi connectivity index (χ1v) is 4.68. The Morgan fingerprint density at radius 1 is 1.60 bits per heavy atom. The van der Waals surface area contributed by atoms with Crippen molar-refractivity contribution in [3.63, 3.8) is 0 Å². The monoisotopic (exact) mass is 204 g/mol. The molecule has 0 saturated heterocycles. The van der Waals surface area contributed by atoms with E-state index in [1.807, 2.05) is 0 Å². The maximum Gasteiger partial charge on any atom is 0.303 e. The molecule has 1 aromatic rings. The van der Waals surface area contributed by atoms with Crippen LogP contribution in [0.2, 0.25) is 0 Å². The molecule has 78 valence electrons. The van der Waals surface area contributed by atoms with Gasteiger partial charge in [0.1, 0.15) is 0 Å². The summed E-state index contributed by atoms with van der Waals surface area (Å²) in [4.78, 5) is 18.3. The number of carboxylic acid groups (broad SMARTS) is 1. The van der Waals surface area contributed by atoms with Crippen molar-refractivity contribution < 1.29 is 9.90 Å². The Hall–Kier alpha value is -1.89. The molecule has 1 aromatic heterocycles. The normalized spacial score (nSPS) is 11.7. The van der Waals surface area contributed by atoms with Crippen LogP contribution in [0, 0.1) is 12.3 Å². The van der Waals surface area contributed by atoms with Crippen LogP contribution >= 0.6 is 0 Å². The third-order valence-electron chi connectivity index (χ3n) is 2.02. The molecule has 0 fully saturated rings. The molecule has 15 heavy (non-hydrogen) atoms. The molecule has 0 aromatic carbocycles. The SMILES string of the molecule is C#CC(CCCC(=O)O)c1cnccn1. The lowest BCUT2D eigenvalue weighted by Crippen LogP contribution is -2.01. The molecule has 0 saturated carbocycles. The number of nitrogens with zero attached hydrogens (tertiary/aromatic N) is 2. The molecular formula is C11H12N2O2. The van der Waals surface area contributed by atoms with E-state index in [1.54, 1.807) is 18.6 Å². The Balaban J connectivity index is 2.51. The van der Waals surface area contributed by atoms with Gasteiger partial charge in [0.25, 0.3) is 0 Å². The third kappa shape index (κ3) is 3.77. The Morgan fingerprint density at radius 3 is 2.93 bits per heavy atom. The maximum absolute atomic E-state index is 10.3. The summed E-state index contributed by atoms with van der Waals surface area (Å²) in [6.45, 7) is 0. The number of aliphatic carboxylic acids is 1. The molecule has 0 aliphatic rings. The van der Waals surface area contributed by atoms with Crippen LogP contribution in [0.15, 0.2) is 18.6 Å². The molecule has 0 amide bonds. The quantitative estimate of drug-likeness (QED) is 0.737. The van der Waals surface area contributed by atoms with Gasteiger partial charge in [-0.1, -0.05) is 5.92 Å². The largest absolute Gasteiger partial charge is 0.481 e. The number of hydrogen-bond donors (Lipinski definition) is 1. The van der Waals surface area contributed by atoms with Crippen molar-refractivity contribution >= 4 is 5.97 Å². The van der Waals surface area contributed by atoms with E-state index in [0.29, 0.717) is 12.8 Å². The van der Waals surface area contributed by atoms with Gasteiger partial charge in [0.2, 0.25) is 0 Å². The summed E-state index contributed by atoms with van der Waals surface area (Å²) in [5, 5.41) is 8.49. The fourth-order valence-electron chi connectivity index (χ4n) is 1.26. The molecule has 1 heterocycles. The van der Waals surface area contributed by atoms with Crippen LogP contribution in [0.25, 0.3) is 0 Å². The predicted octanol–water partition coefficient (Wildman–Crippen LogP) is 1.45. The van der Waals surface area contributed by atoms with Crippen molar-refractivity contribution in [2.45, 2.75) is 25.2 Å². The molecule has 0 aliphatic heterocycles. The van der Waals surface area contributed by atoms with E-state index in [1.165, 1.54) is 0 Å². The summed E-state index contributed by atoms with van der Waals surface area (Å²) < 4.78 is 0. The minimum atomic E-state index is -0.801. The van der Waals surface area contributed by atoms with Crippen molar-refractivity contribution in [2.24, 2.45) is 0 Å². The number of terminal acetylenes is 1. The molecule has 1 atom stereocenters. The Morgan fingerprint density at radius 2 is 2.40 bits per heavy atom. The highest BCUT2D eigenvalue weighted by atomic mass is 16.4. The summed E-state index contributed by atoms with van der Waals surface area (Å²) in [7, 11) is 0. The second-order valence-electron chi connectivity index (χ2n) is 3.14. The zero-order chi connectivity index (χ0) is 11.1. The van der Waals surface area contributed by atoms with Crippen LogP contribution in [-0.4, -0.2) is 21.0 Å². The summed E-state index contributed by atoms with van der Waals surface area (Å²) in [6, 6.07) is 0.